The van der Waals surface area contributed by atoms with E-state index in [1.807, 2.05) is 6.08 Å². The molecule has 0 heterocycles. The van der Waals surface area contributed by atoms with Crippen molar-refractivity contribution in [3.8, 4) is 0 Å². The Morgan fingerprint density at radius 1 is 1.58 bits per heavy atom. The normalized spacial score (nSPS) is 25.5. The molecule has 0 aliphatic heterocycles. The molecule has 1 N–H and O–H groups in total. The lowest BCUT2D eigenvalue weighted by Crippen LogP contribution is -2.30. The van der Waals surface area contributed by atoms with Crippen molar-refractivity contribution >= 4 is 5.78 Å². The number of carbonyl (C=O) groups is 1. The van der Waals surface area contributed by atoms with Crippen LogP contribution in [0.15, 0.2) is 11.6 Å². The summed E-state index contributed by atoms with van der Waals surface area (Å²) in [4.78, 5) is 11.4. The number of aliphatic hydroxyl groups is 1. The fourth-order valence-corrected chi connectivity index (χ4v) is 1.53. The van der Waals surface area contributed by atoms with Crippen LogP contribution in [0.25, 0.3) is 0 Å². The van der Waals surface area contributed by atoms with Crippen LogP contribution in [-0.2, 0) is 4.79 Å². The van der Waals surface area contributed by atoms with E-state index >= 15 is 0 Å². The van der Waals surface area contributed by atoms with Crippen molar-refractivity contribution in [2.24, 2.45) is 5.92 Å². The SMILES string of the molecule is C[C@H]1CC=C(C(C)(C)O)C(=O)C1. The van der Waals surface area contributed by atoms with Gasteiger partial charge in [0, 0.05) is 12.0 Å². The minimum absolute atomic E-state index is 0.0984. The summed E-state index contributed by atoms with van der Waals surface area (Å²) in [6.45, 7) is 5.37. The van der Waals surface area contributed by atoms with E-state index in [9.17, 15) is 9.90 Å². The molecule has 2 heteroatoms. The van der Waals surface area contributed by atoms with E-state index in [0.717, 1.165) is 6.42 Å². The number of carbonyl (C=O) groups excluding carboxylic acids is 1. The molecule has 0 saturated carbocycles. The van der Waals surface area contributed by atoms with Crippen molar-refractivity contribution in [3.63, 3.8) is 0 Å². The van der Waals surface area contributed by atoms with Gasteiger partial charge in [0.1, 0.15) is 0 Å². The number of hydrogen-bond acceptors (Lipinski definition) is 2. The van der Waals surface area contributed by atoms with Gasteiger partial charge in [-0.1, -0.05) is 13.0 Å². The summed E-state index contributed by atoms with van der Waals surface area (Å²) in [5, 5.41) is 9.61. The van der Waals surface area contributed by atoms with Crippen LogP contribution >= 0.6 is 0 Å². The molecule has 2 nitrogen and oxygen atoms in total. The Balaban J connectivity index is 2.85. The van der Waals surface area contributed by atoms with Crippen molar-refractivity contribution in [2.75, 3.05) is 0 Å². The fraction of sp³-hybridized carbons (Fsp3) is 0.700. The van der Waals surface area contributed by atoms with Crippen molar-refractivity contribution in [2.45, 2.75) is 39.2 Å². The van der Waals surface area contributed by atoms with Gasteiger partial charge in [-0.25, -0.2) is 0 Å². The molecule has 1 rings (SSSR count). The van der Waals surface area contributed by atoms with Gasteiger partial charge >= 0.3 is 0 Å². The summed E-state index contributed by atoms with van der Waals surface area (Å²) in [6.07, 6.45) is 3.36. The summed E-state index contributed by atoms with van der Waals surface area (Å²) in [5.74, 6) is 0.532. The lowest BCUT2D eigenvalue weighted by Gasteiger charge is -2.25. The number of Topliss-reactive ketones (excluding diaryl/α,β-unsaturated/α-hetero) is 1. The highest BCUT2D eigenvalue weighted by molar-refractivity contribution is 5.97. The third-order valence-electron chi connectivity index (χ3n) is 2.22. The summed E-state index contributed by atoms with van der Waals surface area (Å²) in [7, 11) is 0. The van der Waals surface area contributed by atoms with Crippen molar-refractivity contribution in [1.29, 1.82) is 0 Å². The number of ketones is 1. The predicted molar refractivity (Wildman–Crippen MR) is 47.8 cm³/mol. The minimum atomic E-state index is -0.961. The average molecular weight is 168 g/mol. The topological polar surface area (TPSA) is 37.3 Å². The van der Waals surface area contributed by atoms with Gasteiger partial charge in [-0.05, 0) is 26.2 Å². The predicted octanol–water partition coefficient (Wildman–Crippen LogP) is 1.68. The molecule has 0 saturated heterocycles. The van der Waals surface area contributed by atoms with Gasteiger partial charge in [0.25, 0.3) is 0 Å². The molecule has 0 unspecified atom stereocenters. The first kappa shape index (κ1) is 9.46. The van der Waals surface area contributed by atoms with E-state index in [1.165, 1.54) is 0 Å². The van der Waals surface area contributed by atoms with Crippen molar-refractivity contribution in [1.82, 2.24) is 0 Å². The van der Waals surface area contributed by atoms with E-state index in [1.54, 1.807) is 13.8 Å². The maximum absolute atomic E-state index is 11.4. The van der Waals surface area contributed by atoms with Crippen LogP contribution in [0.4, 0.5) is 0 Å². The molecule has 1 aliphatic rings. The second kappa shape index (κ2) is 3.02. The highest BCUT2D eigenvalue weighted by Crippen LogP contribution is 2.26. The third-order valence-corrected chi connectivity index (χ3v) is 2.22. The van der Waals surface area contributed by atoms with Crippen molar-refractivity contribution in [3.05, 3.63) is 11.6 Å². The molecule has 0 spiro atoms. The largest absolute Gasteiger partial charge is 0.386 e. The summed E-state index contributed by atoms with van der Waals surface area (Å²) >= 11 is 0. The maximum Gasteiger partial charge on any atom is 0.161 e. The van der Waals surface area contributed by atoms with Crippen LogP contribution in [0.3, 0.4) is 0 Å². The molecule has 1 aliphatic carbocycles. The second-order valence-electron chi connectivity index (χ2n) is 4.14. The molecule has 1 atom stereocenters. The zero-order chi connectivity index (χ0) is 9.35. The van der Waals surface area contributed by atoms with Gasteiger partial charge < -0.3 is 5.11 Å². The van der Waals surface area contributed by atoms with Crippen LogP contribution in [0.2, 0.25) is 0 Å². The van der Waals surface area contributed by atoms with Crippen molar-refractivity contribution < 1.29 is 9.90 Å². The highest BCUT2D eigenvalue weighted by atomic mass is 16.3. The molecular weight excluding hydrogens is 152 g/mol. The van der Waals surface area contributed by atoms with Crippen LogP contribution in [-0.4, -0.2) is 16.5 Å². The zero-order valence-corrected chi connectivity index (χ0v) is 7.92. The smallest absolute Gasteiger partial charge is 0.161 e. The van der Waals surface area contributed by atoms with E-state index < -0.39 is 5.60 Å². The first-order valence-electron chi connectivity index (χ1n) is 4.37. The summed E-state index contributed by atoms with van der Waals surface area (Å²) < 4.78 is 0. The molecule has 0 amide bonds. The van der Waals surface area contributed by atoms with Crippen LogP contribution in [0.1, 0.15) is 33.6 Å². The van der Waals surface area contributed by atoms with E-state index in [4.69, 9.17) is 0 Å². The maximum atomic E-state index is 11.4. The standard InChI is InChI=1S/C10H16O2/c1-7-4-5-8(9(11)6-7)10(2,3)12/h5,7,12H,4,6H2,1-3H3/t7-/m0/s1. The molecular formula is C10H16O2. The van der Waals surface area contributed by atoms with Gasteiger partial charge in [-0.2, -0.15) is 0 Å². The number of rotatable bonds is 1. The average Bonchev–Trinajstić information content (AvgIpc) is 1.83. The van der Waals surface area contributed by atoms with Gasteiger partial charge in [-0.15, -0.1) is 0 Å². The fourth-order valence-electron chi connectivity index (χ4n) is 1.53. The number of allylic oxidation sites excluding steroid dienone is 1. The summed E-state index contributed by atoms with van der Waals surface area (Å²) in [6, 6.07) is 0. The molecule has 12 heavy (non-hydrogen) atoms. The first-order valence-corrected chi connectivity index (χ1v) is 4.37. The molecule has 68 valence electrons. The lowest BCUT2D eigenvalue weighted by molar-refractivity contribution is -0.118. The molecule has 0 aromatic rings. The monoisotopic (exact) mass is 168 g/mol. The third kappa shape index (κ3) is 1.95. The number of hydrogen-bond donors (Lipinski definition) is 1. The van der Waals surface area contributed by atoms with E-state index in [2.05, 4.69) is 6.92 Å². The minimum Gasteiger partial charge on any atom is -0.386 e. The Morgan fingerprint density at radius 3 is 2.58 bits per heavy atom. The zero-order valence-electron chi connectivity index (χ0n) is 7.92. The Kier molecular flexibility index (Phi) is 2.38. The quantitative estimate of drug-likeness (QED) is 0.646. The van der Waals surface area contributed by atoms with Crippen LogP contribution in [0, 0.1) is 5.92 Å². The van der Waals surface area contributed by atoms with Gasteiger partial charge in [0.15, 0.2) is 5.78 Å². The Morgan fingerprint density at radius 2 is 2.17 bits per heavy atom. The lowest BCUT2D eigenvalue weighted by atomic mass is 9.83. The molecule has 0 aromatic carbocycles. The van der Waals surface area contributed by atoms with E-state index in [-0.39, 0.29) is 5.78 Å². The van der Waals surface area contributed by atoms with E-state index in [0.29, 0.717) is 17.9 Å². The van der Waals surface area contributed by atoms with Gasteiger partial charge in [0.2, 0.25) is 0 Å². The van der Waals surface area contributed by atoms with Crippen LogP contribution < -0.4 is 0 Å². The van der Waals surface area contributed by atoms with Crippen LogP contribution in [0.5, 0.6) is 0 Å². The molecule has 0 aromatic heterocycles. The second-order valence-corrected chi connectivity index (χ2v) is 4.14. The van der Waals surface area contributed by atoms with Gasteiger partial charge in [-0.3, -0.25) is 4.79 Å². The Labute approximate surface area is 73.3 Å². The molecule has 0 bridgehead atoms. The molecule has 0 radical (unpaired) electrons. The molecule has 0 fully saturated rings. The van der Waals surface area contributed by atoms with Gasteiger partial charge in [0.05, 0.1) is 5.60 Å². The Bertz CT molecular complexity index is 220. The highest BCUT2D eigenvalue weighted by Gasteiger charge is 2.28. The summed E-state index contributed by atoms with van der Waals surface area (Å²) in [5.41, 5.74) is -0.377. The Hall–Kier alpha value is -0.630. The first-order chi connectivity index (χ1) is 5.41.